The van der Waals surface area contributed by atoms with Crippen LogP contribution in [0.4, 0.5) is 5.82 Å². The molecule has 2 aromatic heterocycles. The van der Waals surface area contributed by atoms with Gasteiger partial charge in [-0.15, -0.1) is 0 Å². The zero-order chi connectivity index (χ0) is 15.2. The summed E-state index contributed by atoms with van der Waals surface area (Å²) in [4.78, 5) is 28.1. The van der Waals surface area contributed by atoms with Gasteiger partial charge in [-0.2, -0.15) is 4.98 Å². The molecule has 0 spiro atoms. The lowest BCUT2D eigenvalue weighted by Gasteiger charge is -2.23. The number of carbonyl (C=O) groups excluding carboxylic acids is 1. The summed E-state index contributed by atoms with van der Waals surface area (Å²) in [7, 11) is 0. The van der Waals surface area contributed by atoms with Crippen LogP contribution < -0.4 is 15.4 Å². The van der Waals surface area contributed by atoms with E-state index in [1.165, 1.54) is 24.8 Å². The standard InChI is InChI=1S/C14H16N6O2/c21-14(11-7-16-5-6-18-11)20-12-8-17-9-13(19-12)22-10-1-3-15-4-2-10/h5-10,15H,1-4H2,(H,19,20,21). The van der Waals surface area contributed by atoms with Gasteiger partial charge in [-0.25, -0.2) is 4.98 Å². The molecule has 0 aliphatic carbocycles. The lowest BCUT2D eigenvalue weighted by atomic mass is 10.1. The van der Waals surface area contributed by atoms with E-state index < -0.39 is 0 Å². The van der Waals surface area contributed by atoms with Crippen molar-refractivity contribution >= 4 is 11.7 Å². The molecular formula is C14H16N6O2. The minimum atomic E-state index is -0.388. The quantitative estimate of drug-likeness (QED) is 0.854. The molecule has 0 bridgehead atoms. The zero-order valence-electron chi connectivity index (χ0n) is 11.9. The van der Waals surface area contributed by atoms with Crippen LogP contribution in [0.5, 0.6) is 5.88 Å². The second-order valence-electron chi connectivity index (χ2n) is 4.85. The van der Waals surface area contributed by atoms with Gasteiger partial charge in [-0.3, -0.25) is 14.8 Å². The highest BCUT2D eigenvalue weighted by molar-refractivity contribution is 6.01. The van der Waals surface area contributed by atoms with E-state index in [9.17, 15) is 4.79 Å². The Morgan fingerprint density at radius 2 is 2.05 bits per heavy atom. The average Bonchev–Trinajstić information content (AvgIpc) is 2.57. The summed E-state index contributed by atoms with van der Waals surface area (Å²) >= 11 is 0. The van der Waals surface area contributed by atoms with Crippen molar-refractivity contribution in [2.45, 2.75) is 18.9 Å². The Labute approximate surface area is 127 Å². The van der Waals surface area contributed by atoms with Crippen LogP contribution >= 0.6 is 0 Å². The van der Waals surface area contributed by atoms with Gasteiger partial charge < -0.3 is 15.4 Å². The van der Waals surface area contributed by atoms with E-state index in [2.05, 4.69) is 30.6 Å². The minimum absolute atomic E-state index is 0.126. The third-order valence-corrected chi connectivity index (χ3v) is 3.22. The highest BCUT2D eigenvalue weighted by atomic mass is 16.5. The van der Waals surface area contributed by atoms with Crippen LogP contribution in [0.1, 0.15) is 23.3 Å². The van der Waals surface area contributed by atoms with Crippen molar-refractivity contribution in [2.75, 3.05) is 18.4 Å². The lowest BCUT2D eigenvalue weighted by Crippen LogP contribution is -2.34. The summed E-state index contributed by atoms with van der Waals surface area (Å²) in [6.45, 7) is 1.86. The van der Waals surface area contributed by atoms with Crippen LogP contribution in [0.3, 0.4) is 0 Å². The number of anilines is 1. The molecular weight excluding hydrogens is 284 g/mol. The average molecular weight is 300 g/mol. The van der Waals surface area contributed by atoms with Gasteiger partial charge in [0.15, 0.2) is 5.82 Å². The highest BCUT2D eigenvalue weighted by Gasteiger charge is 2.16. The van der Waals surface area contributed by atoms with E-state index in [-0.39, 0.29) is 17.7 Å². The second kappa shape index (κ2) is 6.90. The first-order valence-electron chi connectivity index (χ1n) is 7.08. The van der Waals surface area contributed by atoms with Crippen molar-refractivity contribution in [1.29, 1.82) is 0 Å². The van der Waals surface area contributed by atoms with Crippen molar-refractivity contribution in [1.82, 2.24) is 25.3 Å². The van der Waals surface area contributed by atoms with Gasteiger partial charge in [-0.1, -0.05) is 0 Å². The molecule has 1 saturated heterocycles. The van der Waals surface area contributed by atoms with Crippen LogP contribution in [-0.2, 0) is 0 Å². The van der Waals surface area contributed by atoms with Crippen LogP contribution in [0, 0.1) is 0 Å². The Bertz CT molecular complexity index is 630. The number of carbonyl (C=O) groups is 1. The van der Waals surface area contributed by atoms with Crippen LogP contribution in [0.15, 0.2) is 31.0 Å². The maximum atomic E-state index is 12.0. The molecule has 114 valence electrons. The molecule has 3 rings (SSSR count). The number of amides is 1. The minimum Gasteiger partial charge on any atom is -0.473 e. The van der Waals surface area contributed by atoms with E-state index in [4.69, 9.17) is 4.74 Å². The van der Waals surface area contributed by atoms with Gasteiger partial charge >= 0.3 is 0 Å². The molecule has 8 heteroatoms. The molecule has 0 atom stereocenters. The topological polar surface area (TPSA) is 102 Å². The van der Waals surface area contributed by atoms with Gasteiger partial charge in [0.05, 0.1) is 18.6 Å². The Balaban J connectivity index is 1.64. The maximum absolute atomic E-state index is 12.0. The molecule has 2 aromatic rings. The number of ether oxygens (including phenoxy) is 1. The van der Waals surface area contributed by atoms with Crippen molar-refractivity contribution in [2.24, 2.45) is 0 Å². The number of nitrogens with zero attached hydrogens (tertiary/aromatic N) is 4. The Hall–Kier alpha value is -2.61. The Morgan fingerprint density at radius 1 is 1.18 bits per heavy atom. The maximum Gasteiger partial charge on any atom is 0.277 e. The predicted molar refractivity (Wildman–Crippen MR) is 78.5 cm³/mol. The third-order valence-electron chi connectivity index (χ3n) is 3.22. The van der Waals surface area contributed by atoms with Gasteiger partial charge in [0.25, 0.3) is 5.91 Å². The predicted octanol–water partition coefficient (Wildman–Crippen LogP) is 0.650. The molecule has 22 heavy (non-hydrogen) atoms. The molecule has 8 nitrogen and oxygen atoms in total. The molecule has 0 aromatic carbocycles. The van der Waals surface area contributed by atoms with Crippen LogP contribution in [0.25, 0.3) is 0 Å². The van der Waals surface area contributed by atoms with Crippen molar-refractivity contribution in [3.05, 3.63) is 36.7 Å². The Kier molecular flexibility index (Phi) is 4.50. The van der Waals surface area contributed by atoms with E-state index in [0.29, 0.717) is 11.7 Å². The Morgan fingerprint density at radius 3 is 2.82 bits per heavy atom. The molecule has 1 aliphatic heterocycles. The summed E-state index contributed by atoms with van der Waals surface area (Å²) in [6.07, 6.45) is 9.33. The smallest absolute Gasteiger partial charge is 0.277 e. The summed E-state index contributed by atoms with van der Waals surface area (Å²) in [6, 6.07) is 0. The number of aromatic nitrogens is 4. The van der Waals surface area contributed by atoms with Crippen LogP contribution in [-0.4, -0.2) is 45.0 Å². The van der Waals surface area contributed by atoms with Gasteiger partial charge in [-0.05, 0) is 25.9 Å². The first kappa shape index (κ1) is 14.3. The summed E-state index contributed by atoms with van der Waals surface area (Å²) < 4.78 is 5.79. The highest BCUT2D eigenvalue weighted by Crippen LogP contribution is 2.15. The fourth-order valence-corrected chi connectivity index (χ4v) is 2.15. The SMILES string of the molecule is O=C(Nc1cncc(OC2CCNCC2)n1)c1cnccn1. The number of hydrogen-bond donors (Lipinski definition) is 2. The molecule has 0 unspecified atom stereocenters. The first-order chi connectivity index (χ1) is 10.8. The summed E-state index contributed by atoms with van der Waals surface area (Å²) in [5.41, 5.74) is 0.217. The second-order valence-corrected chi connectivity index (χ2v) is 4.85. The molecule has 2 N–H and O–H groups in total. The molecule has 1 amide bonds. The third kappa shape index (κ3) is 3.73. The molecule has 3 heterocycles. The number of piperidine rings is 1. The molecule has 1 aliphatic rings. The molecule has 0 saturated carbocycles. The van der Waals surface area contributed by atoms with Crippen molar-refractivity contribution in [3.8, 4) is 5.88 Å². The van der Waals surface area contributed by atoms with Crippen molar-refractivity contribution in [3.63, 3.8) is 0 Å². The van der Waals surface area contributed by atoms with Gasteiger partial charge in [0.1, 0.15) is 11.8 Å². The monoisotopic (exact) mass is 300 g/mol. The van der Waals surface area contributed by atoms with Crippen molar-refractivity contribution < 1.29 is 9.53 Å². The number of nitrogens with one attached hydrogen (secondary N) is 2. The fourth-order valence-electron chi connectivity index (χ4n) is 2.15. The summed E-state index contributed by atoms with van der Waals surface area (Å²) in [5, 5.41) is 5.90. The number of rotatable bonds is 4. The van der Waals surface area contributed by atoms with E-state index in [1.54, 1.807) is 6.20 Å². The first-order valence-corrected chi connectivity index (χ1v) is 7.08. The van der Waals surface area contributed by atoms with Crippen LogP contribution in [0.2, 0.25) is 0 Å². The number of hydrogen-bond acceptors (Lipinski definition) is 7. The lowest BCUT2D eigenvalue weighted by molar-refractivity contribution is 0.102. The normalized spacial score (nSPS) is 15.3. The largest absolute Gasteiger partial charge is 0.473 e. The van der Waals surface area contributed by atoms with E-state index in [1.807, 2.05) is 0 Å². The molecule has 0 radical (unpaired) electrons. The zero-order valence-corrected chi connectivity index (χ0v) is 11.9. The van der Waals surface area contributed by atoms with E-state index in [0.717, 1.165) is 25.9 Å². The fraction of sp³-hybridized carbons (Fsp3) is 0.357. The summed E-state index contributed by atoms with van der Waals surface area (Å²) in [5.74, 6) is 0.340. The molecule has 1 fully saturated rings. The van der Waals surface area contributed by atoms with E-state index >= 15 is 0 Å². The van der Waals surface area contributed by atoms with Gasteiger partial charge in [0, 0.05) is 12.4 Å². The van der Waals surface area contributed by atoms with Gasteiger partial charge in [0.2, 0.25) is 5.88 Å².